The number of benzene rings is 6. The van der Waals surface area contributed by atoms with Crippen molar-refractivity contribution in [2.45, 2.75) is 0 Å². The molecule has 6 aromatic carbocycles. The Bertz CT molecular complexity index is 2460. The summed E-state index contributed by atoms with van der Waals surface area (Å²) in [6.45, 7) is 0. The van der Waals surface area contributed by atoms with Gasteiger partial charge in [-0.3, -0.25) is 0 Å². The maximum absolute atomic E-state index is 9.77. The van der Waals surface area contributed by atoms with Crippen LogP contribution in [0.3, 0.4) is 0 Å². The van der Waals surface area contributed by atoms with E-state index in [1.807, 2.05) is 89.8 Å². The van der Waals surface area contributed by atoms with Crippen molar-refractivity contribution in [3.05, 3.63) is 150 Å². The van der Waals surface area contributed by atoms with E-state index in [0.717, 1.165) is 61.3 Å². The molecule has 0 aliphatic rings. The fraction of sp³-hybridized carbons (Fsp3) is 0. The Morgan fingerprint density at radius 2 is 0.978 bits per heavy atom. The van der Waals surface area contributed by atoms with Gasteiger partial charge in [-0.05, 0) is 77.4 Å². The molecule has 0 atom stereocenters. The van der Waals surface area contributed by atoms with E-state index < -0.39 is 0 Å². The van der Waals surface area contributed by atoms with Crippen molar-refractivity contribution in [2.75, 3.05) is 4.90 Å². The van der Waals surface area contributed by atoms with Crippen LogP contribution in [0.5, 0.6) is 0 Å². The van der Waals surface area contributed by atoms with Crippen LogP contribution >= 0.6 is 0 Å². The molecule has 1 aromatic heterocycles. The van der Waals surface area contributed by atoms with Gasteiger partial charge in [-0.1, -0.05) is 66.7 Å². The molecule has 0 aliphatic carbocycles. The Morgan fingerprint density at radius 3 is 1.65 bits per heavy atom. The summed E-state index contributed by atoms with van der Waals surface area (Å²) in [6, 6.07) is 48.9. The number of hydrogen-bond acceptors (Lipinski definition) is 6. The van der Waals surface area contributed by atoms with Crippen LogP contribution < -0.4 is 4.90 Å². The summed E-state index contributed by atoms with van der Waals surface area (Å²) in [7, 11) is 0. The summed E-state index contributed by atoms with van der Waals surface area (Å²) < 4.78 is 6.28. The molecule has 0 bridgehead atoms. The smallest absolute Gasteiger partial charge is 0.143 e. The maximum atomic E-state index is 9.77. The van der Waals surface area contributed by atoms with Crippen LogP contribution in [0.15, 0.2) is 132 Å². The predicted octanol–water partition coefficient (Wildman–Crippen LogP) is 9.88. The zero-order valence-electron chi connectivity index (χ0n) is 24.3. The van der Waals surface area contributed by atoms with Gasteiger partial charge in [-0.15, -0.1) is 0 Å². The molecule has 6 nitrogen and oxygen atoms in total. The lowest BCUT2D eigenvalue weighted by atomic mass is 9.99. The van der Waals surface area contributed by atoms with Crippen molar-refractivity contribution in [1.29, 1.82) is 21.0 Å². The number of furan rings is 1. The van der Waals surface area contributed by atoms with Gasteiger partial charge in [0.2, 0.25) is 0 Å². The highest BCUT2D eigenvalue weighted by Crippen LogP contribution is 2.40. The third-order valence-electron chi connectivity index (χ3n) is 8.06. The van der Waals surface area contributed by atoms with Crippen molar-refractivity contribution in [3.63, 3.8) is 0 Å². The number of nitrogens with zero attached hydrogens (tertiary/aromatic N) is 5. The molecular formula is C40H21N5O. The van der Waals surface area contributed by atoms with E-state index in [-0.39, 0.29) is 5.56 Å². The molecule has 0 radical (unpaired) electrons. The summed E-state index contributed by atoms with van der Waals surface area (Å²) >= 11 is 0. The number of fused-ring (bicyclic) bond motifs is 3. The van der Waals surface area contributed by atoms with Gasteiger partial charge in [0, 0.05) is 33.4 Å². The van der Waals surface area contributed by atoms with E-state index in [0.29, 0.717) is 16.7 Å². The van der Waals surface area contributed by atoms with Crippen molar-refractivity contribution < 1.29 is 4.42 Å². The third kappa shape index (κ3) is 4.76. The highest BCUT2D eigenvalue weighted by molar-refractivity contribution is 6.09. The molecule has 46 heavy (non-hydrogen) atoms. The van der Waals surface area contributed by atoms with E-state index in [2.05, 4.69) is 42.5 Å². The van der Waals surface area contributed by atoms with Gasteiger partial charge >= 0.3 is 0 Å². The van der Waals surface area contributed by atoms with Crippen molar-refractivity contribution in [2.24, 2.45) is 0 Å². The summed E-state index contributed by atoms with van der Waals surface area (Å²) in [6.07, 6.45) is 0. The number of rotatable bonds is 5. The number of nitriles is 4. The van der Waals surface area contributed by atoms with E-state index in [1.54, 1.807) is 24.3 Å². The molecule has 6 heteroatoms. The molecule has 0 saturated heterocycles. The Labute approximate surface area is 265 Å². The van der Waals surface area contributed by atoms with Crippen molar-refractivity contribution in [3.8, 4) is 46.5 Å². The summed E-state index contributed by atoms with van der Waals surface area (Å²) in [5, 5.41) is 40.2. The third-order valence-corrected chi connectivity index (χ3v) is 8.06. The first-order valence-corrected chi connectivity index (χ1v) is 14.4. The Hall–Kier alpha value is -7.12. The van der Waals surface area contributed by atoms with E-state index in [1.165, 1.54) is 0 Å². The molecule has 0 fully saturated rings. The summed E-state index contributed by atoms with van der Waals surface area (Å²) in [4.78, 5) is 2.02. The fourth-order valence-corrected chi connectivity index (χ4v) is 5.79. The minimum absolute atomic E-state index is 0.288. The fourth-order valence-electron chi connectivity index (χ4n) is 5.79. The zero-order valence-corrected chi connectivity index (χ0v) is 24.3. The molecule has 1 heterocycles. The highest BCUT2D eigenvalue weighted by atomic mass is 16.3. The molecule has 7 rings (SSSR count). The topological polar surface area (TPSA) is 112 Å². The number of para-hydroxylation sites is 2. The first-order chi connectivity index (χ1) is 22.6. The second kappa shape index (κ2) is 11.5. The lowest BCUT2D eigenvalue weighted by Gasteiger charge is -2.26. The van der Waals surface area contributed by atoms with Crippen LogP contribution in [0.4, 0.5) is 17.1 Å². The zero-order chi connectivity index (χ0) is 31.6. The van der Waals surface area contributed by atoms with Crippen LogP contribution in [0.2, 0.25) is 0 Å². The molecule has 0 saturated carbocycles. The summed E-state index contributed by atoms with van der Waals surface area (Å²) in [5.41, 5.74) is 9.03. The van der Waals surface area contributed by atoms with Gasteiger partial charge < -0.3 is 9.32 Å². The van der Waals surface area contributed by atoms with Crippen molar-refractivity contribution >= 4 is 39.0 Å². The van der Waals surface area contributed by atoms with Gasteiger partial charge in [0.05, 0.1) is 22.3 Å². The maximum Gasteiger partial charge on any atom is 0.143 e. The standard InChI is InChI=1S/C40H21N5O/c41-22-29-9-8-28(20-31(29)24-43)26-10-15-33(16-11-26)45(35-19-14-30(23-42)32(21-35)25-44)34-17-12-27(13-18-34)36-5-3-6-38-37-4-1-2-7-39(37)46-40(36)38/h1-21H. The predicted molar refractivity (Wildman–Crippen MR) is 178 cm³/mol. The second-order valence-corrected chi connectivity index (χ2v) is 10.6. The Balaban J connectivity index is 1.31. The molecule has 0 spiro atoms. The van der Waals surface area contributed by atoms with Crippen LogP contribution in [0.1, 0.15) is 22.3 Å². The normalized spacial score (nSPS) is 10.5. The van der Waals surface area contributed by atoms with E-state index in [9.17, 15) is 21.0 Å². The van der Waals surface area contributed by atoms with E-state index >= 15 is 0 Å². The van der Waals surface area contributed by atoms with Crippen LogP contribution in [0.25, 0.3) is 44.2 Å². The molecule has 212 valence electrons. The first-order valence-electron chi connectivity index (χ1n) is 14.4. The number of hydrogen-bond donors (Lipinski definition) is 0. The average Bonchev–Trinajstić information content (AvgIpc) is 3.51. The lowest BCUT2D eigenvalue weighted by Crippen LogP contribution is -2.10. The lowest BCUT2D eigenvalue weighted by molar-refractivity contribution is 0.670. The molecule has 0 aliphatic heterocycles. The minimum Gasteiger partial charge on any atom is -0.455 e. The highest BCUT2D eigenvalue weighted by Gasteiger charge is 2.17. The molecular weight excluding hydrogens is 566 g/mol. The van der Waals surface area contributed by atoms with Crippen LogP contribution in [-0.4, -0.2) is 0 Å². The molecule has 0 amide bonds. The van der Waals surface area contributed by atoms with Gasteiger partial charge in [-0.25, -0.2) is 0 Å². The Morgan fingerprint density at radius 1 is 0.435 bits per heavy atom. The van der Waals surface area contributed by atoms with E-state index in [4.69, 9.17) is 4.42 Å². The average molecular weight is 588 g/mol. The van der Waals surface area contributed by atoms with Crippen molar-refractivity contribution in [1.82, 2.24) is 0 Å². The summed E-state index contributed by atoms with van der Waals surface area (Å²) in [5.74, 6) is 0. The quantitative estimate of drug-likeness (QED) is 0.198. The number of anilines is 3. The van der Waals surface area contributed by atoms with Crippen LogP contribution in [0, 0.1) is 45.3 Å². The molecule has 0 N–H and O–H groups in total. The SMILES string of the molecule is N#Cc1ccc(-c2ccc(N(c3ccc(-c4cccc5c4oc4ccccc45)cc3)c3ccc(C#N)c(C#N)c3)cc2)cc1C#N. The minimum atomic E-state index is 0.288. The molecule has 7 aromatic rings. The Kier molecular flexibility index (Phi) is 6.94. The first kappa shape index (κ1) is 27.7. The largest absolute Gasteiger partial charge is 0.455 e. The van der Waals surface area contributed by atoms with Gasteiger partial charge in [-0.2, -0.15) is 21.0 Å². The monoisotopic (exact) mass is 587 g/mol. The molecule has 0 unspecified atom stereocenters. The van der Waals surface area contributed by atoms with Gasteiger partial charge in [0.25, 0.3) is 0 Å². The van der Waals surface area contributed by atoms with Gasteiger partial charge in [0.15, 0.2) is 0 Å². The van der Waals surface area contributed by atoms with Gasteiger partial charge in [0.1, 0.15) is 35.4 Å². The van der Waals surface area contributed by atoms with Crippen LogP contribution in [-0.2, 0) is 0 Å². The second-order valence-electron chi connectivity index (χ2n) is 10.6.